The summed E-state index contributed by atoms with van der Waals surface area (Å²) >= 11 is 0. The molecule has 162 valence electrons. The van der Waals surface area contributed by atoms with Crippen LogP contribution in [0.15, 0.2) is 34.3 Å². The summed E-state index contributed by atoms with van der Waals surface area (Å²) in [7, 11) is 2.78. The largest absolute Gasteiger partial charge is 0.494 e. The van der Waals surface area contributed by atoms with Crippen molar-refractivity contribution in [3.8, 4) is 5.75 Å². The van der Waals surface area contributed by atoms with Crippen molar-refractivity contribution in [1.29, 1.82) is 0 Å². The topological polar surface area (TPSA) is 69.5 Å². The first-order valence-corrected chi connectivity index (χ1v) is 9.17. The maximum Gasteiger partial charge on any atom is 0.330 e. The number of fused-ring (bicyclic) bond motifs is 1. The highest BCUT2D eigenvalue weighted by Gasteiger charge is 2.41. The highest BCUT2D eigenvalue weighted by atomic mass is 19.2. The van der Waals surface area contributed by atoms with Crippen LogP contribution in [0.5, 0.6) is 5.75 Å². The van der Waals surface area contributed by atoms with Gasteiger partial charge in [0.25, 0.3) is 0 Å². The summed E-state index contributed by atoms with van der Waals surface area (Å²) in [6, 6.07) is 3.06. The molecule has 1 atom stereocenters. The van der Waals surface area contributed by atoms with Crippen molar-refractivity contribution in [3.05, 3.63) is 58.7 Å². The number of ether oxygens (including phenoxy) is 1. The van der Waals surface area contributed by atoms with E-state index in [1.165, 1.54) is 36.1 Å². The van der Waals surface area contributed by atoms with Crippen molar-refractivity contribution in [1.82, 2.24) is 15.1 Å². The molecule has 0 radical (unpaired) electrons. The van der Waals surface area contributed by atoms with E-state index in [4.69, 9.17) is 4.74 Å². The van der Waals surface area contributed by atoms with E-state index in [2.05, 4.69) is 15.3 Å². The van der Waals surface area contributed by atoms with Crippen LogP contribution in [-0.2, 0) is 0 Å². The quantitative estimate of drug-likeness (QED) is 0.592. The number of aliphatic imine (C=N–C) groups is 2. The van der Waals surface area contributed by atoms with Gasteiger partial charge in [0.1, 0.15) is 0 Å². The Kier molecular flexibility index (Phi) is 5.03. The van der Waals surface area contributed by atoms with Gasteiger partial charge in [0.15, 0.2) is 29.0 Å². The minimum atomic E-state index is -1.57. The zero-order chi connectivity index (χ0) is 22.4. The van der Waals surface area contributed by atoms with Crippen LogP contribution in [0.1, 0.15) is 17.2 Å². The molecule has 11 heteroatoms. The fourth-order valence-electron chi connectivity index (χ4n) is 3.44. The van der Waals surface area contributed by atoms with E-state index in [9.17, 15) is 22.4 Å². The molecule has 4 rings (SSSR count). The number of halogens is 4. The molecule has 0 aromatic heterocycles. The second-order valence-electron chi connectivity index (χ2n) is 7.02. The summed E-state index contributed by atoms with van der Waals surface area (Å²) in [4.78, 5) is 23.8. The van der Waals surface area contributed by atoms with Gasteiger partial charge in [-0.05, 0) is 36.2 Å². The van der Waals surface area contributed by atoms with Crippen LogP contribution in [0.3, 0.4) is 0 Å². The van der Waals surface area contributed by atoms with Crippen LogP contribution in [0, 0.1) is 30.2 Å². The van der Waals surface area contributed by atoms with Gasteiger partial charge in [0.2, 0.25) is 11.9 Å². The van der Waals surface area contributed by atoms with E-state index >= 15 is 0 Å². The number of amides is 2. The molecule has 0 spiro atoms. The lowest BCUT2D eigenvalue weighted by atomic mass is 10.1. The Bertz CT molecular complexity index is 1130. The molecule has 2 aromatic rings. The Hall–Kier alpha value is -3.63. The average molecular weight is 435 g/mol. The summed E-state index contributed by atoms with van der Waals surface area (Å²) < 4.78 is 60.1. The second kappa shape index (κ2) is 7.56. The zero-order valence-corrected chi connectivity index (χ0v) is 16.7. The fraction of sp³-hybridized carbons (Fsp3) is 0.250. The Morgan fingerprint density at radius 1 is 1.13 bits per heavy atom. The molecule has 2 aliphatic rings. The summed E-state index contributed by atoms with van der Waals surface area (Å²) in [6.07, 6.45) is 0. The van der Waals surface area contributed by atoms with Gasteiger partial charge in [-0.25, -0.2) is 32.3 Å². The standard InChI is InChI=1S/C20H17F4N5O2/c1-9-4-11(21)16(31-3)7-14(9)26-18-27-20(30)28(2)19-25-8-15(29(18)19)10-5-12(22)17(24)13(23)6-10/h4-7,15H,8H2,1-3H3,(H,26,27,30). The molecular weight excluding hydrogens is 418 g/mol. The summed E-state index contributed by atoms with van der Waals surface area (Å²) in [6.45, 7) is 1.67. The molecule has 31 heavy (non-hydrogen) atoms. The van der Waals surface area contributed by atoms with Crippen LogP contribution in [0.25, 0.3) is 0 Å². The third-order valence-corrected chi connectivity index (χ3v) is 5.07. The number of nitrogens with zero attached hydrogens (tertiary/aromatic N) is 4. The van der Waals surface area contributed by atoms with Gasteiger partial charge in [0, 0.05) is 13.1 Å². The van der Waals surface area contributed by atoms with Crippen molar-refractivity contribution < 1.29 is 27.1 Å². The van der Waals surface area contributed by atoms with E-state index in [-0.39, 0.29) is 29.8 Å². The van der Waals surface area contributed by atoms with Gasteiger partial charge in [-0.1, -0.05) is 0 Å². The summed E-state index contributed by atoms with van der Waals surface area (Å²) in [5.41, 5.74) is 0.882. The highest BCUT2D eigenvalue weighted by molar-refractivity contribution is 6.16. The lowest BCUT2D eigenvalue weighted by Gasteiger charge is -2.36. The van der Waals surface area contributed by atoms with E-state index in [1.807, 2.05) is 0 Å². The van der Waals surface area contributed by atoms with Gasteiger partial charge in [-0.2, -0.15) is 0 Å². The second-order valence-corrected chi connectivity index (χ2v) is 7.02. The van der Waals surface area contributed by atoms with Gasteiger partial charge in [0.05, 0.1) is 25.4 Å². The third-order valence-electron chi connectivity index (χ3n) is 5.07. The molecular formula is C20H17F4N5O2. The number of hydrogen-bond acceptors (Lipinski definition) is 4. The molecule has 2 aliphatic heterocycles. The lowest BCUT2D eigenvalue weighted by Crippen LogP contribution is -2.61. The number of benzene rings is 2. The molecule has 0 aliphatic carbocycles. The van der Waals surface area contributed by atoms with Gasteiger partial charge >= 0.3 is 6.03 Å². The van der Waals surface area contributed by atoms with Crippen molar-refractivity contribution in [2.75, 3.05) is 20.7 Å². The third kappa shape index (κ3) is 3.45. The Morgan fingerprint density at radius 3 is 2.45 bits per heavy atom. The summed E-state index contributed by atoms with van der Waals surface area (Å²) in [5.74, 6) is -4.65. The van der Waals surface area contributed by atoms with Gasteiger partial charge in [-0.3, -0.25) is 15.1 Å². The Labute approximate surface area is 174 Å². The number of rotatable bonds is 3. The number of methoxy groups -OCH3 is 1. The maximum atomic E-state index is 13.9. The van der Waals surface area contributed by atoms with E-state index in [0.717, 1.165) is 12.1 Å². The van der Waals surface area contributed by atoms with Gasteiger partial charge in [-0.15, -0.1) is 0 Å². The smallest absolute Gasteiger partial charge is 0.330 e. The monoisotopic (exact) mass is 435 g/mol. The number of aryl methyl sites for hydroxylation is 1. The van der Waals surface area contributed by atoms with Crippen LogP contribution in [0.4, 0.5) is 28.0 Å². The van der Waals surface area contributed by atoms with E-state index in [0.29, 0.717) is 11.3 Å². The molecule has 1 N–H and O–H groups in total. The fourth-order valence-corrected chi connectivity index (χ4v) is 3.44. The van der Waals surface area contributed by atoms with E-state index in [1.54, 1.807) is 6.92 Å². The summed E-state index contributed by atoms with van der Waals surface area (Å²) in [5, 5.41) is 2.59. The zero-order valence-electron chi connectivity index (χ0n) is 16.7. The Morgan fingerprint density at radius 2 is 1.81 bits per heavy atom. The first-order valence-electron chi connectivity index (χ1n) is 9.17. The van der Waals surface area contributed by atoms with Crippen LogP contribution in [0.2, 0.25) is 0 Å². The number of hydrogen-bond donors (Lipinski definition) is 1. The van der Waals surface area contributed by atoms with Crippen LogP contribution in [-0.4, -0.2) is 48.5 Å². The Balaban J connectivity index is 1.82. The molecule has 1 fully saturated rings. The number of urea groups is 1. The normalized spacial score (nSPS) is 19.5. The SMILES string of the molecule is COc1cc(N=C2NC(=O)N(C)C3=NCC(c4cc(F)c(F)c(F)c4)N23)c(C)cc1F. The lowest BCUT2D eigenvalue weighted by molar-refractivity contribution is 0.222. The van der Waals surface area contributed by atoms with E-state index < -0.39 is 35.3 Å². The molecule has 7 nitrogen and oxygen atoms in total. The first kappa shape index (κ1) is 20.6. The van der Waals surface area contributed by atoms with Crippen LogP contribution < -0.4 is 10.1 Å². The first-order chi connectivity index (χ1) is 14.7. The predicted molar refractivity (Wildman–Crippen MR) is 104 cm³/mol. The molecule has 1 unspecified atom stereocenters. The minimum absolute atomic E-state index is 0.0197. The molecule has 0 saturated carbocycles. The maximum absolute atomic E-state index is 13.9. The van der Waals surface area contributed by atoms with Gasteiger partial charge < -0.3 is 4.74 Å². The number of guanidine groups is 2. The average Bonchev–Trinajstić information content (AvgIpc) is 3.17. The van der Waals surface area contributed by atoms with Crippen LogP contribution >= 0.6 is 0 Å². The van der Waals surface area contributed by atoms with Crippen molar-refractivity contribution in [2.24, 2.45) is 9.98 Å². The molecule has 0 bridgehead atoms. The van der Waals surface area contributed by atoms with Crippen molar-refractivity contribution >= 4 is 23.6 Å². The number of carbonyl (C=O) groups is 1. The minimum Gasteiger partial charge on any atom is -0.494 e. The number of nitrogens with one attached hydrogen (secondary N) is 1. The molecule has 2 aromatic carbocycles. The molecule has 1 saturated heterocycles. The highest BCUT2D eigenvalue weighted by Crippen LogP contribution is 2.33. The number of carbonyl (C=O) groups excluding carboxylic acids is 1. The molecule has 2 heterocycles. The predicted octanol–water partition coefficient (Wildman–Crippen LogP) is 3.62. The molecule has 2 amide bonds. The van der Waals surface area contributed by atoms with Crippen molar-refractivity contribution in [3.63, 3.8) is 0 Å². The van der Waals surface area contributed by atoms with Crippen molar-refractivity contribution in [2.45, 2.75) is 13.0 Å².